The molecule has 0 fully saturated rings. The summed E-state index contributed by atoms with van der Waals surface area (Å²) in [6, 6.07) is 19.6. The maximum Gasteiger partial charge on any atom is 0.0720 e. The number of hydrogen-bond donors (Lipinski definition) is 0. The van der Waals surface area contributed by atoms with Crippen molar-refractivity contribution in [3.05, 3.63) is 71.3 Å². The van der Waals surface area contributed by atoms with Gasteiger partial charge in [-0.2, -0.15) is 0 Å². The Morgan fingerprint density at radius 3 is 2.55 bits per heavy atom. The molecule has 0 saturated carbocycles. The highest BCUT2D eigenvalue weighted by molar-refractivity contribution is 14.1. The number of alkyl halides is 1. The summed E-state index contributed by atoms with van der Waals surface area (Å²) in [5.41, 5.74) is 4.22. The molecule has 0 N–H and O–H groups in total. The van der Waals surface area contributed by atoms with Gasteiger partial charge >= 0.3 is 0 Å². The first-order chi connectivity index (χ1) is 9.87. The summed E-state index contributed by atoms with van der Waals surface area (Å²) >= 11 is 2.47. The van der Waals surface area contributed by atoms with E-state index < -0.39 is 0 Å². The maximum atomic E-state index is 5.96. The zero-order chi connectivity index (χ0) is 13.8. The number of rotatable bonds is 4. The van der Waals surface area contributed by atoms with E-state index in [-0.39, 0.29) is 5.41 Å². The second-order valence-electron chi connectivity index (χ2n) is 5.39. The zero-order valence-corrected chi connectivity index (χ0v) is 13.7. The average Bonchev–Trinajstić information content (AvgIpc) is 2.54. The van der Waals surface area contributed by atoms with Gasteiger partial charge in [0.05, 0.1) is 13.2 Å². The van der Waals surface area contributed by atoms with Crippen molar-refractivity contribution in [2.75, 3.05) is 11.0 Å². The van der Waals surface area contributed by atoms with Gasteiger partial charge < -0.3 is 4.74 Å². The summed E-state index contributed by atoms with van der Waals surface area (Å²) in [5, 5.41) is 0. The second-order valence-corrected chi connectivity index (χ2v) is 6.47. The summed E-state index contributed by atoms with van der Waals surface area (Å²) < 4.78 is 7.15. The highest BCUT2D eigenvalue weighted by atomic mass is 127. The van der Waals surface area contributed by atoms with Gasteiger partial charge in [-0.05, 0) is 34.0 Å². The quantitative estimate of drug-likeness (QED) is 0.553. The molecule has 0 bridgehead atoms. The fourth-order valence-corrected chi connectivity index (χ4v) is 3.62. The van der Waals surface area contributed by atoms with Gasteiger partial charge in [0.25, 0.3) is 0 Å². The Balaban J connectivity index is 2.12. The van der Waals surface area contributed by atoms with E-state index in [2.05, 4.69) is 77.2 Å². The first-order valence-corrected chi connectivity index (χ1v) is 8.67. The number of fused-ring (bicyclic) bond motifs is 1. The standard InChI is InChI=1S/C18H19IO/c19-12-6-11-18(16-8-2-1-3-9-16)14-20-13-15-7-4-5-10-17(15)18/h1-5,7-10H,6,11-14H2. The highest BCUT2D eigenvalue weighted by Crippen LogP contribution is 2.42. The number of hydrogen-bond acceptors (Lipinski definition) is 1. The first kappa shape index (κ1) is 14.1. The minimum Gasteiger partial charge on any atom is -0.375 e. The van der Waals surface area contributed by atoms with Crippen LogP contribution >= 0.6 is 22.6 Å². The Bertz CT molecular complexity index is 567. The van der Waals surface area contributed by atoms with Gasteiger partial charge in [0.15, 0.2) is 0 Å². The molecule has 1 atom stereocenters. The van der Waals surface area contributed by atoms with Gasteiger partial charge in [-0.3, -0.25) is 0 Å². The number of halogens is 1. The lowest BCUT2D eigenvalue weighted by molar-refractivity contribution is 0.0619. The van der Waals surface area contributed by atoms with Crippen LogP contribution in [0.2, 0.25) is 0 Å². The van der Waals surface area contributed by atoms with Crippen molar-refractivity contribution in [2.45, 2.75) is 24.9 Å². The van der Waals surface area contributed by atoms with Crippen LogP contribution in [0.3, 0.4) is 0 Å². The fourth-order valence-electron chi connectivity index (χ4n) is 3.24. The molecule has 1 aliphatic heterocycles. The van der Waals surface area contributed by atoms with E-state index in [1.165, 1.54) is 27.5 Å². The van der Waals surface area contributed by atoms with E-state index in [1.807, 2.05) is 0 Å². The van der Waals surface area contributed by atoms with Gasteiger partial charge in [0, 0.05) is 5.41 Å². The molecular weight excluding hydrogens is 359 g/mol. The van der Waals surface area contributed by atoms with E-state index in [1.54, 1.807) is 0 Å². The third-order valence-electron chi connectivity index (χ3n) is 4.20. The largest absolute Gasteiger partial charge is 0.375 e. The predicted molar refractivity (Wildman–Crippen MR) is 91.4 cm³/mol. The zero-order valence-electron chi connectivity index (χ0n) is 11.5. The van der Waals surface area contributed by atoms with Crippen LogP contribution in [0.15, 0.2) is 54.6 Å². The van der Waals surface area contributed by atoms with Crippen LogP contribution in [-0.2, 0) is 16.8 Å². The summed E-state index contributed by atoms with van der Waals surface area (Å²) in [6.45, 7) is 1.54. The monoisotopic (exact) mass is 378 g/mol. The topological polar surface area (TPSA) is 9.23 Å². The molecule has 0 radical (unpaired) electrons. The van der Waals surface area contributed by atoms with Crippen molar-refractivity contribution >= 4 is 22.6 Å². The third kappa shape index (κ3) is 2.51. The number of benzene rings is 2. The Hall–Kier alpha value is -0.870. The molecule has 0 spiro atoms. The van der Waals surface area contributed by atoms with Crippen LogP contribution in [0.1, 0.15) is 29.5 Å². The normalized spacial score (nSPS) is 21.4. The van der Waals surface area contributed by atoms with Crippen molar-refractivity contribution in [1.29, 1.82) is 0 Å². The van der Waals surface area contributed by atoms with Crippen LogP contribution in [0.5, 0.6) is 0 Å². The Morgan fingerprint density at radius 2 is 1.75 bits per heavy atom. The van der Waals surface area contributed by atoms with Crippen LogP contribution in [0, 0.1) is 0 Å². The fraction of sp³-hybridized carbons (Fsp3) is 0.333. The molecular formula is C18H19IO. The molecule has 0 aromatic heterocycles. The predicted octanol–water partition coefficient (Wildman–Crippen LogP) is 4.72. The molecule has 1 heterocycles. The molecule has 0 aliphatic carbocycles. The second kappa shape index (κ2) is 6.27. The first-order valence-electron chi connectivity index (χ1n) is 7.14. The Labute approximate surface area is 134 Å². The molecule has 1 nitrogen and oxygen atoms in total. The lowest BCUT2D eigenvalue weighted by atomic mass is 9.69. The van der Waals surface area contributed by atoms with Gasteiger partial charge in [0.2, 0.25) is 0 Å². The molecule has 1 aliphatic rings. The SMILES string of the molecule is ICCCC1(c2ccccc2)COCc2ccccc21. The summed E-state index contributed by atoms with van der Waals surface area (Å²) in [4.78, 5) is 0. The molecule has 0 saturated heterocycles. The van der Waals surface area contributed by atoms with Crippen molar-refractivity contribution in [2.24, 2.45) is 0 Å². The molecule has 0 amide bonds. The van der Waals surface area contributed by atoms with Crippen molar-refractivity contribution < 1.29 is 4.74 Å². The minimum atomic E-state index is 0.0290. The molecule has 3 rings (SSSR count). The molecule has 2 aromatic carbocycles. The van der Waals surface area contributed by atoms with Crippen LogP contribution in [0.4, 0.5) is 0 Å². The summed E-state index contributed by atoms with van der Waals surface area (Å²) in [7, 11) is 0. The molecule has 1 unspecified atom stereocenters. The van der Waals surface area contributed by atoms with E-state index in [0.717, 1.165) is 19.6 Å². The van der Waals surface area contributed by atoms with Gasteiger partial charge in [-0.15, -0.1) is 0 Å². The van der Waals surface area contributed by atoms with E-state index in [4.69, 9.17) is 4.74 Å². The van der Waals surface area contributed by atoms with Crippen LogP contribution < -0.4 is 0 Å². The van der Waals surface area contributed by atoms with Crippen LogP contribution in [0.25, 0.3) is 0 Å². The van der Waals surface area contributed by atoms with Crippen molar-refractivity contribution in [1.82, 2.24) is 0 Å². The van der Waals surface area contributed by atoms with Crippen molar-refractivity contribution in [3.8, 4) is 0 Å². The van der Waals surface area contributed by atoms with E-state index >= 15 is 0 Å². The molecule has 104 valence electrons. The summed E-state index contributed by atoms with van der Waals surface area (Å²) in [6.07, 6.45) is 2.37. The Morgan fingerprint density at radius 1 is 1.00 bits per heavy atom. The maximum absolute atomic E-state index is 5.96. The van der Waals surface area contributed by atoms with Crippen LogP contribution in [-0.4, -0.2) is 11.0 Å². The lowest BCUT2D eigenvalue weighted by Crippen LogP contribution is -2.37. The number of ether oxygens (including phenoxy) is 1. The molecule has 20 heavy (non-hydrogen) atoms. The average molecular weight is 378 g/mol. The highest BCUT2D eigenvalue weighted by Gasteiger charge is 2.38. The van der Waals surface area contributed by atoms with Gasteiger partial charge in [-0.1, -0.05) is 77.2 Å². The minimum absolute atomic E-state index is 0.0290. The summed E-state index contributed by atoms with van der Waals surface area (Å²) in [5.74, 6) is 0. The smallest absolute Gasteiger partial charge is 0.0720 e. The lowest BCUT2D eigenvalue weighted by Gasteiger charge is -2.39. The third-order valence-corrected chi connectivity index (χ3v) is 4.97. The van der Waals surface area contributed by atoms with Crippen molar-refractivity contribution in [3.63, 3.8) is 0 Å². The van der Waals surface area contributed by atoms with E-state index in [9.17, 15) is 0 Å². The van der Waals surface area contributed by atoms with Gasteiger partial charge in [-0.25, -0.2) is 0 Å². The van der Waals surface area contributed by atoms with E-state index in [0.29, 0.717) is 0 Å². The van der Waals surface area contributed by atoms with Gasteiger partial charge in [0.1, 0.15) is 0 Å². The Kier molecular flexibility index (Phi) is 4.41. The molecule has 2 heteroatoms. The molecule has 2 aromatic rings.